The summed E-state index contributed by atoms with van der Waals surface area (Å²) >= 11 is 0. The molecule has 2 aliphatic rings. The van der Waals surface area contributed by atoms with Crippen molar-refractivity contribution in [3.63, 3.8) is 0 Å². The predicted molar refractivity (Wildman–Crippen MR) is 85.8 cm³/mol. The van der Waals surface area contributed by atoms with Gasteiger partial charge >= 0.3 is 0 Å². The summed E-state index contributed by atoms with van der Waals surface area (Å²) in [6.07, 6.45) is 1.57. The van der Waals surface area contributed by atoms with Crippen LogP contribution in [0.3, 0.4) is 0 Å². The molecule has 2 aromatic rings. The zero-order valence-electron chi connectivity index (χ0n) is 12.1. The summed E-state index contributed by atoms with van der Waals surface area (Å²) in [5.74, 6) is 0.182. The summed E-state index contributed by atoms with van der Waals surface area (Å²) in [4.78, 5) is 14.4. The first-order chi connectivity index (χ1) is 10.3. The third kappa shape index (κ3) is 1.90. The number of carbonyl (C=O) groups excluding carboxylic acids is 1. The summed E-state index contributed by atoms with van der Waals surface area (Å²) in [5.41, 5.74) is 7.69. The molecular formula is C19H17NO. The number of amides is 1. The average molecular weight is 275 g/mol. The SMILES string of the molecule is CCC(=O)N1Cc2ccccc2C2=C(C2)c2ccccc21. The number of fused-ring (bicyclic) bond motifs is 4. The van der Waals surface area contributed by atoms with Gasteiger partial charge < -0.3 is 4.90 Å². The minimum absolute atomic E-state index is 0.182. The molecule has 2 aromatic carbocycles. The van der Waals surface area contributed by atoms with Gasteiger partial charge in [-0.05, 0) is 34.8 Å². The Morgan fingerprint density at radius 2 is 1.67 bits per heavy atom. The molecular weight excluding hydrogens is 258 g/mol. The highest BCUT2D eigenvalue weighted by Crippen LogP contribution is 2.51. The van der Waals surface area contributed by atoms with Crippen molar-refractivity contribution in [2.24, 2.45) is 0 Å². The molecule has 0 bridgehead atoms. The molecule has 21 heavy (non-hydrogen) atoms. The first-order valence-electron chi connectivity index (χ1n) is 7.49. The summed E-state index contributed by atoms with van der Waals surface area (Å²) < 4.78 is 0. The number of carbonyl (C=O) groups is 1. The Bertz CT molecular complexity index is 773. The highest BCUT2D eigenvalue weighted by molar-refractivity contribution is 6.12. The van der Waals surface area contributed by atoms with Gasteiger partial charge in [-0.1, -0.05) is 49.4 Å². The van der Waals surface area contributed by atoms with Gasteiger partial charge in [0, 0.05) is 12.0 Å². The van der Waals surface area contributed by atoms with Gasteiger partial charge in [-0.3, -0.25) is 4.79 Å². The van der Waals surface area contributed by atoms with Gasteiger partial charge in [-0.15, -0.1) is 0 Å². The van der Waals surface area contributed by atoms with Gasteiger partial charge in [-0.2, -0.15) is 0 Å². The van der Waals surface area contributed by atoms with Gasteiger partial charge in [0.1, 0.15) is 0 Å². The molecule has 2 heteroatoms. The van der Waals surface area contributed by atoms with Gasteiger partial charge in [0.05, 0.1) is 12.2 Å². The van der Waals surface area contributed by atoms with Crippen molar-refractivity contribution in [2.75, 3.05) is 4.90 Å². The second-order valence-electron chi connectivity index (χ2n) is 5.64. The van der Waals surface area contributed by atoms with Crippen LogP contribution in [0, 0.1) is 0 Å². The van der Waals surface area contributed by atoms with E-state index in [2.05, 4.69) is 42.5 Å². The third-order valence-electron chi connectivity index (χ3n) is 4.39. The minimum Gasteiger partial charge on any atom is -0.307 e. The lowest BCUT2D eigenvalue weighted by atomic mass is 10.0. The second kappa shape index (κ2) is 4.59. The van der Waals surface area contributed by atoms with E-state index in [0.29, 0.717) is 13.0 Å². The van der Waals surface area contributed by atoms with Crippen molar-refractivity contribution >= 4 is 22.7 Å². The van der Waals surface area contributed by atoms with Crippen LogP contribution in [0.25, 0.3) is 11.1 Å². The maximum Gasteiger partial charge on any atom is 0.227 e. The molecule has 1 heterocycles. The molecule has 0 spiro atoms. The van der Waals surface area contributed by atoms with Crippen LogP contribution in [0.2, 0.25) is 0 Å². The maximum atomic E-state index is 12.4. The van der Waals surface area contributed by atoms with Crippen LogP contribution >= 0.6 is 0 Å². The summed E-state index contributed by atoms with van der Waals surface area (Å²) in [5, 5.41) is 0. The fourth-order valence-corrected chi connectivity index (χ4v) is 3.23. The van der Waals surface area contributed by atoms with Gasteiger partial charge in [0.2, 0.25) is 5.91 Å². The van der Waals surface area contributed by atoms with Crippen LogP contribution in [0.15, 0.2) is 48.5 Å². The lowest BCUT2D eigenvalue weighted by Crippen LogP contribution is -2.30. The number of nitrogens with zero attached hydrogens (tertiary/aromatic N) is 1. The predicted octanol–water partition coefficient (Wildman–Crippen LogP) is 4.26. The first kappa shape index (κ1) is 12.4. The molecule has 0 radical (unpaired) electrons. The van der Waals surface area contributed by atoms with Crippen LogP contribution in [0.1, 0.15) is 36.5 Å². The van der Waals surface area contributed by atoms with E-state index in [-0.39, 0.29) is 5.91 Å². The maximum absolute atomic E-state index is 12.4. The number of hydrogen-bond acceptors (Lipinski definition) is 1. The Labute approximate surface area is 124 Å². The van der Waals surface area contributed by atoms with Gasteiger partial charge in [-0.25, -0.2) is 0 Å². The molecule has 0 N–H and O–H groups in total. The monoisotopic (exact) mass is 275 g/mol. The van der Waals surface area contributed by atoms with E-state index >= 15 is 0 Å². The van der Waals surface area contributed by atoms with Crippen molar-refractivity contribution in [1.82, 2.24) is 0 Å². The first-order valence-corrected chi connectivity index (χ1v) is 7.49. The normalized spacial score (nSPS) is 15.6. The summed E-state index contributed by atoms with van der Waals surface area (Å²) in [6.45, 7) is 2.59. The zero-order valence-corrected chi connectivity index (χ0v) is 12.1. The van der Waals surface area contributed by atoms with Crippen LogP contribution in [0.5, 0.6) is 0 Å². The largest absolute Gasteiger partial charge is 0.307 e. The summed E-state index contributed by atoms with van der Waals surface area (Å²) in [7, 11) is 0. The molecule has 0 fully saturated rings. The highest BCUT2D eigenvalue weighted by Gasteiger charge is 2.32. The molecule has 4 rings (SSSR count). The average Bonchev–Trinajstić information content (AvgIpc) is 3.31. The molecule has 1 amide bonds. The van der Waals surface area contributed by atoms with Crippen molar-refractivity contribution in [3.05, 3.63) is 65.2 Å². The Hall–Kier alpha value is -2.35. The Morgan fingerprint density at radius 1 is 1.00 bits per heavy atom. The molecule has 1 aliphatic carbocycles. The van der Waals surface area contributed by atoms with Crippen molar-refractivity contribution < 1.29 is 4.79 Å². The molecule has 2 nitrogen and oxygen atoms in total. The summed E-state index contributed by atoms with van der Waals surface area (Å²) in [6, 6.07) is 16.8. The van der Waals surface area contributed by atoms with E-state index < -0.39 is 0 Å². The molecule has 0 unspecified atom stereocenters. The smallest absolute Gasteiger partial charge is 0.227 e. The van der Waals surface area contributed by atoms with E-state index in [1.807, 2.05) is 17.9 Å². The van der Waals surface area contributed by atoms with Crippen LogP contribution < -0.4 is 4.90 Å². The van der Waals surface area contributed by atoms with Crippen molar-refractivity contribution in [3.8, 4) is 0 Å². The third-order valence-corrected chi connectivity index (χ3v) is 4.39. The zero-order chi connectivity index (χ0) is 14.4. The molecule has 104 valence electrons. The molecule has 0 saturated heterocycles. The minimum atomic E-state index is 0.182. The Morgan fingerprint density at radius 3 is 2.48 bits per heavy atom. The van der Waals surface area contributed by atoms with E-state index in [1.165, 1.54) is 27.8 Å². The fraction of sp³-hybridized carbons (Fsp3) is 0.211. The number of para-hydroxylation sites is 1. The van der Waals surface area contributed by atoms with Crippen LogP contribution in [0.4, 0.5) is 5.69 Å². The standard InChI is InChI=1S/C19H17NO/c1-2-19(21)20-12-13-7-3-4-8-14(13)16-11-17(16)15-9-5-6-10-18(15)20/h3-10H,2,11-12H2,1H3. The molecule has 0 atom stereocenters. The number of rotatable bonds is 1. The Balaban J connectivity index is 1.95. The van der Waals surface area contributed by atoms with Crippen molar-refractivity contribution in [1.29, 1.82) is 0 Å². The second-order valence-corrected chi connectivity index (χ2v) is 5.64. The molecule has 0 saturated carbocycles. The van der Waals surface area contributed by atoms with Crippen LogP contribution in [-0.2, 0) is 11.3 Å². The molecule has 0 aromatic heterocycles. The molecule has 1 aliphatic heterocycles. The fourth-order valence-electron chi connectivity index (χ4n) is 3.23. The lowest BCUT2D eigenvalue weighted by molar-refractivity contribution is -0.118. The Kier molecular flexibility index (Phi) is 2.71. The lowest BCUT2D eigenvalue weighted by Gasteiger charge is -2.26. The van der Waals surface area contributed by atoms with E-state index in [4.69, 9.17) is 0 Å². The van der Waals surface area contributed by atoms with Gasteiger partial charge in [0.25, 0.3) is 0 Å². The van der Waals surface area contributed by atoms with E-state index in [9.17, 15) is 4.79 Å². The topological polar surface area (TPSA) is 20.3 Å². The number of hydrogen-bond donors (Lipinski definition) is 0. The van der Waals surface area contributed by atoms with Crippen molar-refractivity contribution in [2.45, 2.75) is 26.3 Å². The van der Waals surface area contributed by atoms with E-state index in [1.54, 1.807) is 0 Å². The highest BCUT2D eigenvalue weighted by atomic mass is 16.2. The van der Waals surface area contributed by atoms with E-state index in [0.717, 1.165) is 12.1 Å². The van der Waals surface area contributed by atoms with Gasteiger partial charge in [0.15, 0.2) is 0 Å². The van der Waals surface area contributed by atoms with Crippen LogP contribution in [-0.4, -0.2) is 5.91 Å². The quantitative estimate of drug-likeness (QED) is 0.761. The number of allylic oxidation sites excluding steroid dienone is 2. The number of benzene rings is 2. The number of anilines is 1.